The number of fused-ring (bicyclic) bond motifs is 2. The lowest BCUT2D eigenvalue weighted by atomic mass is 10.1. The molecule has 0 aliphatic rings. The van der Waals surface area contributed by atoms with Crippen LogP contribution < -0.4 is 0 Å². The van der Waals surface area contributed by atoms with E-state index in [-0.39, 0.29) is 11.1 Å². The first kappa shape index (κ1) is 13.9. The molecule has 0 spiro atoms. The molecule has 1 aromatic carbocycles. The van der Waals surface area contributed by atoms with E-state index in [1.165, 1.54) is 6.20 Å². The molecule has 4 aromatic rings. The quantitative estimate of drug-likeness (QED) is 0.583. The second-order valence-corrected chi connectivity index (χ2v) is 5.28. The van der Waals surface area contributed by atoms with Crippen LogP contribution >= 0.6 is 0 Å². The van der Waals surface area contributed by atoms with Crippen molar-refractivity contribution in [2.45, 2.75) is 0 Å². The predicted octanol–water partition coefficient (Wildman–Crippen LogP) is 2.08. The molecule has 3 heterocycles. The number of nitrogens with zero attached hydrogens (tertiary/aromatic N) is 5. The van der Waals surface area contributed by atoms with Crippen LogP contribution in [0.15, 0.2) is 30.6 Å². The summed E-state index contributed by atoms with van der Waals surface area (Å²) in [5.41, 5.74) is 3.14. The van der Waals surface area contributed by atoms with Gasteiger partial charge in [-0.05, 0) is 18.2 Å². The minimum Gasteiger partial charge on any atom is -0.478 e. The van der Waals surface area contributed by atoms with Crippen molar-refractivity contribution in [1.29, 1.82) is 5.26 Å². The highest BCUT2D eigenvalue weighted by molar-refractivity contribution is 6.01. The maximum absolute atomic E-state index is 11.3. The van der Waals surface area contributed by atoms with Crippen molar-refractivity contribution < 1.29 is 9.90 Å². The Kier molecular flexibility index (Phi) is 2.83. The van der Waals surface area contributed by atoms with E-state index in [2.05, 4.69) is 26.1 Å². The molecule has 0 atom stereocenters. The molecule has 0 unspecified atom stereocenters. The zero-order valence-corrected chi connectivity index (χ0v) is 12.5. The van der Waals surface area contributed by atoms with Gasteiger partial charge in [0.15, 0.2) is 5.65 Å². The number of H-pyrrole nitrogens is 1. The summed E-state index contributed by atoms with van der Waals surface area (Å²) in [5, 5.41) is 23.5. The molecule has 0 fully saturated rings. The minimum atomic E-state index is -1.07. The maximum atomic E-state index is 11.3. The Morgan fingerprint density at radius 1 is 1.42 bits per heavy atom. The van der Waals surface area contributed by atoms with Gasteiger partial charge in [-0.3, -0.25) is 4.68 Å². The van der Waals surface area contributed by atoms with Gasteiger partial charge in [0.2, 0.25) is 0 Å². The van der Waals surface area contributed by atoms with Gasteiger partial charge in [0.1, 0.15) is 22.5 Å². The van der Waals surface area contributed by atoms with E-state index >= 15 is 0 Å². The molecule has 2 N–H and O–H groups in total. The molecule has 0 radical (unpaired) electrons. The van der Waals surface area contributed by atoms with E-state index in [0.717, 1.165) is 10.9 Å². The normalized spacial score (nSPS) is 11.0. The Balaban J connectivity index is 1.97. The SMILES string of the molecule is Cn1nc(-c2cnc3[nH]cc(C(=O)O)c3n2)c2ccc(C#N)cc21. The van der Waals surface area contributed by atoms with Crippen molar-refractivity contribution in [2.24, 2.45) is 7.05 Å². The number of aromatic carboxylic acids is 1. The first-order valence-electron chi connectivity index (χ1n) is 7.03. The number of nitrogens with one attached hydrogen (secondary N) is 1. The molecule has 116 valence electrons. The number of carboxylic acids is 1. The Labute approximate surface area is 135 Å². The zero-order valence-electron chi connectivity index (χ0n) is 12.5. The molecule has 8 heteroatoms. The Morgan fingerprint density at radius 3 is 3.00 bits per heavy atom. The molecule has 3 aromatic heterocycles. The minimum absolute atomic E-state index is 0.0614. The summed E-state index contributed by atoms with van der Waals surface area (Å²) in [6.07, 6.45) is 2.91. The maximum Gasteiger partial charge on any atom is 0.339 e. The van der Waals surface area contributed by atoms with Gasteiger partial charge >= 0.3 is 5.97 Å². The van der Waals surface area contributed by atoms with Crippen molar-refractivity contribution in [3.63, 3.8) is 0 Å². The van der Waals surface area contributed by atoms with Crippen LogP contribution in [0, 0.1) is 11.3 Å². The van der Waals surface area contributed by atoms with E-state index in [0.29, 0.717) is 22.6 Å². The molecule has 0 bridgehead atoms. The van der Waals surface area contributed by atoms with Crippen LogP contribution in [0.4, 0.5) is 0 Å². The molecule has 8 nitrogen and oxygen atoms in total. The third-order valence-electron chi connectivity index (χ3n) is 3.83. The molecular formula is C16H10N6O2. The lowest BCUT2D eigenvalue weighted by Crippen LogP contribution is -1.97. The van der Waals surface area contributed by atoms with Gasteiger partial charge in [-0.1, -0.05) is 0 Å². The van der Waals surface area contributed by atoms with Gasteiger partial charge in [-0.15, -0.1) is 0 Å². The van der Waals surface area contributed by atoms with Crippen molar-refractivity contribution in [3.05, 3.63) is 41.7 Å². The summed E-state index contributed by atoms with van der Waals surface area (Å²) in [6.45, 7) is 0. The molecule has 0 aliphatic heterocycles. The van der Waals surface area contributed by atoms with Gasteiger partial charge in [0.05, 0.1) is 23.3 Å². The fraction of sp³-hybridized carbons (Fsp3) is 0.0625. The molecule has 4 rings (SSSR count). The summed E-state index contributed by atoms with van der Waals surface area (Å²) in [4.78, 5) is 22.7. The van der Waals surface area contributed by atoms with Gasteiger partial charge in [0, 0.05) is 18.6 Å². The van der Waals surface area contributed by atoms with Crippen LogP contribution in [0.2, 0.25) is 0 Å². The fourth-order valence-electron chi connectivity index (χ4n) is 2.68. The standard InChI is InChI=1S/C16H10N6O2/c1-22-12-4-8(5-17)2-3-9(12)13(21-22)11-7-19-15-14(20-11)10(6-18-15)16(23)24/h2-4,6-7H,1H3,(H,18,19)(H,23,24). The number of carboxylic acid groups (broad SMARTS) is 1. The van der Waals surface area contributed by atoms with Crippen molar-refractivity contribution >= 4 is 28.0 Å². The average molecular weight is 318 g/mol. The highest BCUT2D eigenvalue weighted by atomic mass is 16.4. The van der Waals surface area contributed by atoms with Gasteiger partial charge in [-0.25, -0.2) is 14.8 Å². The van der Waals surface area contributed by atoms with Crippen LogP contribution in [-0.4, -0.2) is 35.8 Å². The lowest BCUT2D eigenvalue weighted by Gasteiger charge is -1.98. The number of aromatic nitrogens is 5. The highest BCUT2D eigenvalue weighted by Crippen LogP contribution is 2.28. The molecule has 0 saturated heterocycles. The predicted molar refractivity (Wildman–Crippen MR) is 85.3 cm³/mol. The summed E-state index contributed by atoms with van der Waals surface area (Å²) in [5.74, 6) is -1.07. The summed E-state index contributed by atoms with van der Waals surface area (Å²) >= 11 is 0. The topological polar surface area (TPSA) is 120 Å². The second kappa shape index (κ2) is 4.89. The van der Waals surface area contributed by atoms with E-state index in [4.69, 9.17) is 5.26 Å². The summed E-state index contributed by atoms with van der Waals surface area (Å²) in [6, 6.07) is 7.35. The van der Waals surface area contributed by atoms with Gasteiger partial charge in [0.25, 0.3) is 0 Å². The van der Waals surface area contributed by atoms with Crippen molar-refractivity contribution in [2.75, 3.05) is 0 Å². The highest BCUT2D eigenvalue weighted by Gasteiger charge is 2.17. The van der Waals surface area contributed by atoms with Crippen molar-refractivity contribution in [3.8, 4) is 17.5 Å². The van der Waals surface area contributed by atoms with E-state index in [1.807, 2.05) is 0 Å². The van der Waals surface area contributed by atoms with E-state index < -0.39 is 5.97 Å². The number of hydrogen-bond donors (Lipinski definition) is 2. The number of carbonyl (C=O) groups is 1. The first-order chi connectivity index (χ1) is 11.6. The van der Waals surface area contributed by atoms with Crippen LogP contribution in [0.3, 0.4) is 0 Å². The molecule has 24 heavy (non-hydrogen) atoms. The fourth-order valence-corrected chi connectivity index (χ4v) is 2.68. The van der Waals surface area contributed by atoms with Crippen LogP contribution in [0.5, 0.6) is 0 Å². The smallest absolute Gasteiger partial charge is 0.339 e. The number of aromatic amines is 1. The first-order valence-corrected chi connectivity index (χ1v) is 7.03. The summed E-state index contributed by atoms with van der Waals surface area (Å²) < 4.78 is 1.66. The molecular weight excluding hydrogens is 308 g/mol. The largest absolute Gasteiger partial charge is 0.478 e. The van der Waals surface area contributed by atoms with Crippen LogP contribution in [0.1, 0.15) is 15.9 Å². The Morgan fingerprint density at radius 2 is 2.25 bits per heavy atom. The van der Waals surface area contributed by atoms with Crippen LogP contribution in [-0.2, 0) is 7.05 Å². The lowest BCUT2D eigenvalue weighted by molar-refractivity contribution is 0.0699. The Hall–Kier alpha value is -3.73. The number of benzene rings is 1. The number of hydrogen-bond acceptors (Lipinski definition) is 5. The van der Waals surface area contributed by atoms with Gasteiger partial charge in [-0.2, -0.15) is 10.4 Å². The van der Waals surface area contributed by atoms with E-state index in [1.54, 1.807) is 36.1 Å². The molecule has 0 amide bonds. The van der Waals surface area contributed by atoms with Gasteiger partial charge < -0.3 is 10.1 Å². The monoisotopic (exact) mass is 318 g/mol. The molecule has 0 aliphatic carbocycles. The Bertz CT molecular complexity index is 1160. The van der Waals surface area contributed by atoms with Crippen LogP contribution in [0.25, 0.3) is 33.5 Å². The second-order valence-electron chi connectivity index (χ2n) is 5.28. The number of nitriles is 1. The third-order valence-corrected chi connectivity index (χ3v) is 3.83. The molecule has 0 saturated carbocycles. The number of aryl methyl sites for hydroxylation is 1. The summed E-state index contributed by atoms with van der Waals surface area (Å²) in [7, 11) is 1.78. The third kappa shape index (κ3) is 1.92. The van der Waals surface area contributed by atoms with Crippen molar-refractivity contribution in [1.82, 2.24) is 24.7 Å². The zero-order chi connectivity index (χ0) is 16.8. The number of rotatable bonds is 2. The average Bonchev–Trinajstić information content (AvgIpc) is 3.15. The van der Waals surface area contributed by atoms with E-state index in [9.17, 15) is 9.90 Å².